The van der Waals surface area contributed by atoms with Crippen molar-refractivity contribution < 1.29 is 19.2 Å². The van der Waals surface area contributed by atoms with E-state index >= 15 is 0 Å². The Labute approximate surface area is 143 Å². The molecule has 0 aliphatic carbocycles. The number of nitro groups is 1. The Kier molecular flexibility index (Phi) is 5.64. The fourth-order valence-corrected chi connectivity index (χ4v) is 2.51. The minimum atomic E-state index is -0.539. The van der Waals surface area contributed by atoms with Gasteiger partial charge < -0.3 is 14.8 Å². The number of nitrogens with one attached hydrogen (secondary N) is 1. The Balaban J connectivity index is 2.36. The first kappa shape index (κ1) is 17.6. The van der Waals surface area contributed by atoms with Gasteiger partial charge in [0.05, 0.1) is 30.4 Å². The average Bonchev–Trinajstić information content (AvgIpc) is 2.60. The first-order valence-corrected chi connectivity index (χ1v) is 8.08. The molecule has 0 atom stereocenters. The summed E-state index contributed by atoms with van der Waals surface area (Å²) in [5, 5.41) is 13.5. The van der Waals surface area contributed by atoms with E-state index in [0.717, 1.165) is 4.90 Å². The molecule has 8 heteroatoms. The van der Waals surface area contributed by atoms with Crippen LogP contribution < -0.4 is 14.8 Å². The number of hydrogen-bond donors (Lipinski definition) is 1. The van der Waals surface area contributed by atoms with Crippen LogP contribution in [-0.4, -0.2) is 31.3 Å². The minimum Gasteiger partial charge on any atom is -0.496 e. The number of methoxy groups -OCH3 is 2. The van der Waals surface area contributed by atoms with Gasteiger partial charge in [-0.15, -0.1) is 11.8 Å². The van der Waals surface area contributed by atoms with Crippen LogP contribution in [0.3, 0.4) is 0 Å². The zero-order chi connectivity index (χ0) is 17.7. The van der Waals surface area contributed by atoms with E-state index in [1.807, 2.05) is 6.26 Å². The highest BCUT2D eigenvalue weighted by atomic mass is 32.2. The van der Waals surface area contributed by atoms with Crippen molar-refractivity contribution in [1.82, 2.24) is 0 Å². The van der Waals surface area contributed by atoms with Gasteiger partial charge in [-0.2, -0.15) is 0 Å². The highest BCUT2D eigenvalue weighted by Gasteiger charge is 2.17. The van der Waals surface area contributed by atoms with Crippen LogP contribution in [0, 0.1) is 10.1 Å². The monoisotopic (exact) mass is 348 g/mol. The van der Waals surface area contributed by atoms with Crippen molar-refractivity contribution in [1.29, 1.82) is 0 Å². The van der Waals surface area contributed by atoms with E-state index in [0.29, 0.717) is 17.1 Å². The maximum atomic E-state index is 12.5. The zero-order valence-corrected chi connectivity index (χ0v) is 14.2. The number of carbonyl (C=O) groups excluding carboxylic acids is 1. The second-order valence-electron chi connectivity index (χ2n) is 4.66. The number of rotatable bonds is 6. The summed E-state index contributed by atoms with van der Waals surface area (Å²) in [5.41, 5.74) is 0.396. The molecule has 0 fully saturated rings. The van der Waals surface area contributed by atoms with E-state index in [1.54, 1.807) is 18.2 Å². The largest absolute Gasteiger partial charge is 0.496 e. The van der Waals surface area contributed by atoms with E-state index in [-0.39, 0.29) is 11.4 Å². The zero-order valence-electron chi connectivity index (χ0n) is 13.4. The van der Waals surface area contributed by atoms with Crippen molar-refractivity contribution in [2.75, 3.05) is 25.8 Å². The molecule has 0 saturated carbocycles. The molecule has 2 aromatic carbocycles. The fraction of sp³-hybridized carbons (Fsp3) is 0.188. The number of thioether (sulfide) groups is 1. The molecule has 0 aromatic heterocycles. The summed E-state index contributed by atoms with van der Waals surface area (Å²) < 4.78 is 10.4. The molecule has 0 aliphatic heterocycles. The lowest BCUT2D eigenvalue weighted by Gasteiger charge is -2.12. The first-order chi connectivity index (χ1) is 11.5. The lowest BCUT2D eigenvalue weighted by Crippen LogP contribution is -2.14. The SMILES string of the molecule is COc1ccc([N+](=O)[O-])cc1NC(=O)c1ccc(SC)cc1OC. The Morgan fingerprint density at radius 1 is 1.12 bits per heavy atom. The molecular weight excluding hydrogens is 332 g/mol. The van der Waals surface area contributed by atoms with Crippen LogP contribution in [-0.2, 0) is 0 Å². The van der Waals surface area contributed by atoms with Crippen molar-refractivity contribution in [2.24, 2.45) is 0 Å². The van der Waals surface area contributed by atoms with Crippen LogP contribution >= 0.6 is 11.8 Å². The van der Waals surface area contributed by atoms with Gasteiger partial charge in [0, 0.05) is 17.0 Å². The molecule has 24 heavy (non-hydrogen) atoms. The van der Waals surface area contributed by atoms with E-state index in [9.17, 15) is 14.9 Å². The molecule has 0 unspecified atom stereocenters. The summed E-state index contributed by atoms with van der Waals surface area (Å²) in [6.07, 6.45) is 1.92. The Bertz CT molecular complexity index is 779. The lowest BCUT2D eigenvalue weighted by molar-refractivity contribution is -0.384. The number of ether oxygens (including phenoxy) is 2. The number of hydrogen-bond acceptors (Lipinski definition) is 6. The summed E-state index contributed by atoms with van der Waals surface area (Å²) in [6.45, 7) is 0. The van der Waals surface area contributed by atoms with Gasteiger partial charge in [-0.05, 0) is 30.5 Å². The second kappa shape index (κ2) is 7.69. The molecule has 0 radical (unpaired) electrons. The third-order valence-electron chi connectivity index (χ3n) is 3.30. The summed E-state index contributed by atoms with van der Waals surface area (Å²) in [6, 6.07) is 9.18. The van der Waals surface area contributed by atoms with Gasteiger partial charge in [-0.25, -0.2) is 0 Å². The number of non-ortho nitro benzene ring substituents is 1. The molecule has 1 N–H and O–H groups in total. The number of benzene rings is 2. The molecule has 126 valence electrons. The van der Waals surface area contributed by atoms with Gasteiger partial charge in [0.25, 0.3) is 11.6 Å². The van der Waals surface area contributed by atoms with Crippen LogP contribution in [0.2, 0.25) is 0 Å². The Morgan fingerprint density at radius 2 is 1.83 bits per heavy atom. The topological polar surface area (TPSA) is 90.7 Å². The molecule has 0 spiro atoms. The van der Waals surface area contributed by atoms with Crippen LogP contribution in [0.5, 0.6) is 11.5 Å². The molecule has 0 bridgehead atoms. The van der Waals surface area contributed by atoms with Crippen molar-refractivity contribution >= 4 is 29.0 Å². The fourth-order valence-electron chi connectivity index (χ4n) is 2.08. The Hall–Kier alpha value is -2.74. The summed E-state index contributed by atoms with van der Waals surface area (Å²) in [7, 11) is 2.90. The highest BCUT2D eigenvalue weighted by molar-refractivity contribution is 7.98. The third kappa shape index (κ3) is 3.77. The smallest absolute Gasteiger partial charge is 0.271 e. The third-order valence-corrected chi connectivity index (χ3v) is 4.02. The number of carbonyl (C=O) groups is 1. The van der Waals surface area contributed by atoms with Gasteiger partial charge in [0.1, 0.15) is 11.5 Å². The summed E-state index contributed by atoms with van der Waals surface area (Å²) in [4.78, 5) is 23.8. The van der Waals surface area contributed by atoms with E-state index < -0.39 is 10.8 Å². The van der Waals surface area contributed by atoms with Gasteiger partial charge in [0.15, 0.2) is 0 Å². The predicted octanol–water partition coefficient (Wildman–Crippen LogP) is 3.59. The molecule has 2 aromatic rings. The standard InChI is InChI=1S/C16H16N2O5S/c1-22-14-7-4-10(18(20)21)8-13(14)17-16(19)12-6-5-11(24-3)9-15(12)23-2/h4-9H,1-3H3,(H,17,19). The molecule has 7 nitrogen and oxygen atoms in total. The first-order valence-electron chi connectivity index (χ1n) is 6.86. The quantitative estimate of drug-likeness (QED) is 0.487. The number of nitrogens with zero attached hydrogens (tertiary/aromatic N) is 1. The molecular formula is C16H16N2O5S. The van der Waals surface area contributed by atoms with Gasteiger partial charge in [0.2, 0.25) is 0 Å². The van der Waals surface area contributed by atoms with E-state index in [1.165, 1.54) is 44.2 Å². The van der Waals surface area contributed by atoms with Crippen LogP contribution in [0.25, 0.3) is 0 Å². The van der Waals surface area contributed by atoms with Crippen LogP contribution in [0.1, 0.15) is 10.4 Å². The molecule has 1 amide bonds. The minimum absolute atomic E-state index is 0.143. The second-order valence-corrected chi connectivity index (χ2v) is 5.54. The van der Waals surface area contributed by atoms with Gasteiger partial charge in [-0.3, -0.25) is 14.9 Å². The summed E-state index contributed by atoms with van der Waals surface area (Å²) >= 11 is 1.53. The maximum Gasteiger partial charge on any atom is 0.271 e. The van der Waals surface area contributed by atoms with Crippen LogP contribution in [0.4, 0.5) is 11.4 Å². The summed E-state index contributed by atoms with van der Waals surface area (Å²) in [5.74, 6) is 0.302. The van der Waals surface area contributed by atoms with E-state index in [4.69, 9.17) is 9.47 Å². The molecule has 0 saturated heterocycles. The van der Waals surface area contributed by atoms with Crippen molar-refractivity contribution in [3.05, 3.63) is 52.1 Å². The maximum absolute atomic E-state index is 12.5. The Morgan fingerprint density at radius 3 is 2.42 bits per heavy atom. The van der Waals surface area contributed by atoms with Crippen molar-refractivity contribution in [2.45, 2.75) is 4.90 Å². The van der Waals surface area contributed by atoms with E-state index in [2.05, 4.69) is 5.32 Å². The van der Waals surface area contributed by atoms with Crippen molar-refractivity contribution in [3.63, 3.8) is 0 Å². The van der Waals surface area contributed by atoms with Gasteiger partial charge in [-0.1, -0.05) is 0 Å². The molecule has 0 heterocycles. The number of amides is 1. The van der Waals surface area contributed by atoms with Gasteiger partial charge >= 0.3 is 0 Å². The van der Waals surface area contributed by atoms with Crippen molar-refractivity contribution in [3.8, 4) is 11.5 Å². The molecule has 2 rings (SSSR count). The average molecular weight is 348 g/mol. The molecule has 0 aliphatic rings. The highest BCUT2D eigenvalue weighted by Crippen LogP contribution is 2.31. The van der Waals surface area contributed by atoms with Crippen LogP contribution in [0.15, 0.2) is 41.3 Å². The number of anilines is 1. The lowest BCUT2D eigenvalue weighted by atomic mass is 10.1. The number of nitro benzene ring substituents is 1. The normalized spacial score (nSPS) is 10.1. The predicted molar refractivity (Wildman–Crippen MR) is 92.4 cm³/mol.